The summed E-state index contributed by atoms with van der Waals surface area (Å²) >= 11 is 0. The van der Waals surface area contributed by atoms with Crippen molar-refractivity contribution in [3.63, 3.8) is 0 Å². The number of ether oxygens (including phenoxy) is 2. The van der Waals surface area contributed by atoms with Gasteiger partial charge in [-0.1, -0.05) is 23.8 Å². The smallest absolute Gasteiger partial charge is 0.324 e. The van der Waals surface area contributed by atoms with E-state index >= 15 is 0 Å². The second-order valence-electron chi connectivity index (χ2n) is 5.75. The van der Waals surface area contributed by atoms with Crippen LogP contribution >= 0.6 is 0 Å². The minimum atomic E-state index is -1.21. The second kappa shape index (κ2) is 4.72. The van der Waals surface area contributed by atoms with Gasteiger partial charge in [0.2, 0.25) is 0 Å². The highest BCUT2D eigenvalue weighted by atomic mass is 16.5. The second-order valence-corrected chi connectivity index (χ2v) is 5.75. The number of hydrogen-bond donors (Lipinski definition) is 0. The monoisotopic (exact) mass is 286 g/mol. The van der Waals surface area contributed by atoms with Gasteiger partial charge in [0.25, 0.3) is 0 Å². The van der Waals surface area contributed by atoms with Crippen molar-refractivity contribution >= 4 is 11.8 Å². The number of carbonyl (C=O) groups is 2. The van der Waals surface area contributed by atoms with E-state index in [9.17, 15) is 9.59 Å². The normalized spacial score (nSPS) is 26.7. The van der Waals surface area contributed by atoms with Crippen LogP contribution in [-0.4, -0.2) is 26.0 Å². The molecule has 0 amide bonds. The lowest BCUT2D eigenvalue weighted by Gasteiger charge is -2.42. The van der Waals surface area contributed by atoms with E-state index < -0.39 is 11.4 Å². The Morgan fingerprint density at radius 1 is 1.33 bits per heavy atom. The van der Waals surface area contributed by atoms with Crippen LogP contribution in [-0.2, 0) is 26.2 Å². The quantitative estimate of drug-likeness (QED) is 0.475. The van der Waals surface area contributed by atoms with Crippen molar-refractivity contribution in [1.82, 2.24) is 0 Å². The van der Waals surface area contributed by atoms with Crippen LogP contribution in [0.5, 0.6) is 5.75 Å². The van der Waals surface area contributed by atoms with Gasteiger partial charge in [0.05, 0.1) is 14.2 Å². The number of ketones is 1. The van der Waals surface area contributed by atoms with Crippen LogP contribution in [0.25, 0.3) is 0 Å². The minimum absolute atomic E-state index is 0.0549. The van der Waals surface area contributed by atoms with Gasteiger partial charge in [0.15, 0.2) is 11.2 Å². The molecule has 0 fully saturated rings. The molecule has 3 rings (SSSR count). The number of hydrogen-bond acceptors (Lipinski definition) is 4. The largest absolute Gasteiger partial charge is 0.496 e. The maximum absolute atomic E-state index is 12.9. The molecule has 0 radical (unpaired) electrons. The summed E-state index contributed by atoms with van der Waals surface area (Å²) in [4.78, 5) is 25.4. The Balaban J connectivity index is 2.31. The van der Waals surface area contributed by atoms with Crippen molar-refractivity contribution in [3.05, 3.63) is 41.0 Å². The number of fused-ring (bicyclic) bond motifs is 4. The van der Waals surface area contributed by atoms with Gasteiger partial charge in [-0.2, -0.15) is 0 Å². The Morgan fingerprint density at radius 3 is 2.76 bits per heavy atom. The maximum Gasteiger partial charge on any atom is 0.324 e. The van der Waals surface area contributed by atoms with E-state index in [1.165, 1.54) is 7.11 Å². The van der Waals surface area contributed by atoms with Crippen LogP contribution in [0.2, 0.25) is 0 Å². The molecule has 0 saturated heterocycles. The summed E-state index contributed by atoms with van der Waals surface area (Å²) in [6, 6.07) is 5.54. The lowest BCUT2D eigenvalue weighted by molar-refractivity contribution is -0.154. The van der Waals surface area contributed by atoms with E-state index in [-0.39, 0.29) is 11.7 Å². The molecule has 0 spiro atoms. The van der Waals surface area contributed by atoms with Crippen molar-refractivity contribution in [2.75, 3.05) is 14.2 Å². The zero-order chi connectivity index (χ0) is 15.2. The predicted octanol–water partition coefficient (Wildman–Crippen LogP) is 2.20. The van der Waals surface area contributed by atoms with E-state index in [1.54, 1.807) is 7.11 Å². The van der Waals surface area contributed by atoms with Crippen LogP contribution < -0.4 is 4.74 Å². The number of allylic oxidation sites excluding steroid dienone is 2. The Kier molecular flexibility index (Phi) is 3.12. The van der Waals surface area contributed by atoms with Crippen molar-refractivity contribution in [3.8, 4) is 5.75 Å². The zero-order valence-electron chi connectivity index (χ0n) is 12.4. The maximum atomic E-state index is 12.9. The average Bonchev–Trinajstić information content (AvgIpc) is 2.48. The first-order valence-corrected chi connectivity index (χ1v) is 7.01. The molecule has 2 bridgehead atoms. The van der Waals surface area contributed by atoms with Gasteiger partial charge in [-0.25, -0.2) is 0 Å². The van der Waals surface area contributed by atoms with Gasteiger partial charge >= 0.3 is 5.97 Å². The minimum Gasteiger partial charge on any atom is -0.496 e. The van der Waals surface area contributed by atoms with Crippen LogP contribution in [0.4, 0.5) is 0 Å². The summed E-state index contributed by atoms with van der Waals surface area (Å²) in [6.45, 7) is 1.96. The lowest BCUT2D eigenvalue weighted by atomic mass is 9.59. The third kappa shape index (κ3) is 1.75. The van der Waals surface area contributed by atoms with Crippen LogP contribution in [0.15, 0.2) is 29.8 Å². The number of rotatable bonds is 2. The lowest BCUT2D eigenvalue weighted by Crippen LogP contribution is -2.53. The topological polar surface area (TPSA) is 52.6 Å². The highest BCUT2D eigenvalue weighted by Crippen LogP contribution is 2.48. The van der Waals surface area contributed by atoms with Gasteiger partial charge in [-0.05, 0) is 37.0 Å². The molecule has 0 unspecified atom stereocenters. The molecule has 0 saturated carbocycles. The molecular weight excluding hydrogens is 268 g/mol. The van der Waals surface area contributed by atoms with Crippen molar-refractivity contribution < 1.29 is 19.1 Å². The molecule has 1 aromatic carbocycles. The Morgan fingerprint density at radius 2 is 2.10 bits per heavy atom. The average molecular weight is 286 g/mol. The molecule has 2 aliphatic carbocycles. The summed E-state index contributed by atoms with van der Waals surface area (Å²) in [7, 11) is 2.94. The van der Waals surface area contributed by atoms with E-state index in [4.69, 9.17) is 9.47 Å². The van der Waals surface area contributed by atoms with Gasteiger partial charge in [0, 0.05) is 5.92 Å². The van der Waals surface area contributed by atoms with Gasteiger partial charge in [-0.3, -0.25) is 9.59 Å². The summed E-state index contributed by atoms with van der Waals surface area (Å²) in [5, 5.41) is 0. The number of esters is 1. The molecule has 0 aromatic heterocycles. The molecule has 2 aliphatic rings. The van der Waals surface area contributed by atoms with Crippen LogP contribution in [0.3, 0.4) is 0 Å². The van der Waals surface area contributed by atoms with E-state index in [0.717, 1.165) is 22.4 Å². The molecule has 1 aromatic rings. The SMILES string of the molecule is COC(=O)[C@@]12CC(C)=C[C@@H](Cc3c(OC)cccc31)C2=O. The molecule has 4 heteroatoms. The third-order valence-corrected chi connectivity index (χ3v) is 4.56. The summed E-state index contributed by atoms with van der Waals surface area (Å²) < 4.78 is 10.4. The highest BCUT2D eigenvalue weighted by Gasteiger charge is 2.56. The Hall–Kier alpha value is -2.10. The molecule has 21 heavy (non-hydrogen) atoms. The molecule has 0 N–H and O–H groups in total. The molecule has 110 valence electrons. The number of benzene rings is 1. The van der Waals surface area contributed by atoms with Crippen molar-refractivity contribution in [2.24, 2.45) is 5.92 Å². The number of methoxy groups -OCH3 is 2. The van der Waals surface area contributed by atoms with Gasteiger partial charge < -0.3 is 9.47 Å². The predicted molar refractivity (Wildman–Crippen MR) is 77.3 cm³/mol. The molecule has 0 heterocycles. The summed E-state index contributed by atoms with van der Waals surface area (Å²) in [5.41, 5.74) is 1.53. The number of carbonyl (C=O) groups excluding carboxylic acids is 2. The first-order valence-electron chi connectivity index (χ1n) is 7.01. The Bertz CT molecular complexity index is 659. The van der Waals surface area contributed by atoms with Crippen molar-refractivity contribution in [1.29, 1.82) is 0 Å². The van der Waals surface area contributed by atoms with Crippen molar-refractivity contribution in [2.45, 2.75) is 25.2 Å². The summed E-state index contributed by atoms with van der Waals surface area (Å²) in [6.07, 6.45) is 2.93. The highest BCUT2D eigenvalue weighted by molar-refractivity contribution is 6.13. The third-order valence-electron chi connectivity index (χ3n) is 4.56. The van der Waals surface area contributed by atoms with E-state index in [1.807, 2.05) is 31.2 Å². The first-order chi connectivity index (χ1) is 10.0. The van der Waals surface area contributed by atoms with Gasteiger partial charge in [-0.15, -0.1) is 0 Å². The van der Waals surface area contributed by atoms with Crippen LogP contribution in [0.1, 0.15) is 24.5 Å². The molecule has 2 atom stereocenters. The van der Waals surface area contributed by atoms with Crippen LogP contribution in [0, 0.1) is 5.92 Å². The Labute approximate surface area is 123 Å². The zero-order valence-corrected chi connectivity index (χ0v) is 12.4. The molecular formula is C17H18O4. The van der Waals surface area contributed by atoms with E-state index in [0.29, 0.717) is 12.8 Å². The first kappa shape index (κ1) is 13.9. The molecule has 0 aliphatic heterocycles. The fourth-order valence-corrected chi connectivity index (χ4v) is 3.72. The fraction of sp³-hybridized carbons (Fsp3) is 0.412. The van der Waals surface area contributed by atoms with Gasteiger partial charge in [0.1, 0.15) is 5.75 Å². The molecule has 4 nitrogen and oxygen atoms in total. The van der Waals surface area contributed by atoms with E-state index in [2.05, 4.69) is 0 Å². The fourth-order valence-electron chi connectivity index (χ4n) is 3.72. The summed E-state index contributed by atoms with van der Waals surface area (Å²) in [5.74, 6) is -0.0762. The number of Topliss-reactive ketones (excluding diaryl/α,β-unsaturated/α-hetero) is 1. The standard InChI is InChI=1S/C17H18O4/c1-10-7-11-8-12-13(5-4-6-14(12)20-2)17(9-10,15(11)18)16(19)21-3/h4-7,11H,8-9H2,1-3H3/t11-,17-/m0/s1.